The van der Waals surface area contributed by atoms with E-state index in [4.69, 9.17) is 14.7 Å². The standard InChI is InChI=1S/C29H27NO5S/c30-29(20-23-10-4-1-5-11-23,21-28(31)34-22-24-12-6-2-7-13-24)25-16-18-26(19-17-25)35-36(32,33)27-14-8-3-9-15-27/h1-19H,20-22,30H2. The molecule has 0 amide bonds. The average Bonchev–Trinajstić information content (AvgIpc) is 2.89. The van der Waals surface area contributed by atoms with Gasteiger partial charge in [-0.15, -0.1) is 0 Å². The molecule has 0 aliphatic carbocycles. The third kappa shape index (κ3) is 6.59. The molecule has 4 aromatic carbocycles. The van der Waals surface area contributed by atoms with Crippen LogP contribution in [0.2, 0.25) is 0 Å². The van der Waals surface area contributed by atoms with Crippen molar-refractivity contribution in [1.29, 1.82) is 0 Å². The second kappa shape index (κ2) is 11.2. The second-order valence-electron chi connectivity index (χ2n) is 8.52. The van der Waals surface area contributed by atoms with Crippen molar-refractivity contribution in [3.05, 3.63) is 132 Å². The van der Waals surface area contributed by atoms with Crippen LogP contribution in [0.25, 0.3) is 0 Å². The maximum Gasteiger partial charge on any atom is 0.339 e. The molecule has 1 atom stereocenters. The van der Waals surface area contributed by atoms with E-state index in [1.807, 2.05) is 60.7 Å². The van der Waals surface area contributed by atoms with Crippen LogP contribution in [-0.2, 0) is 38.2 Å². The van der Waals surface area contributed by atoms with E-state index < -0.39 is 21.6 Å². The van der Waals surface area contributed by atoms with Gasteiger partial charge in [0.15, 0.2) is 0 Å². The Hall–Kier alpha value is -3.94. The van der Waals surface area contributed by atoms with Crippen molar-refractivity contribution in [3.63, 3.8) is 0 Å². The van der Waals surface area contributed by atoms with Gasteiger partial charge in [-0.05, 0) is 47.4 Å². The van der Waals surface area contributed by atoms with Crippen LogP contribution in [0.4, 0.5) is 0 Å². The Bertz CT molecular complexity index is 1380. The molecule has 36 heavy (non-hydrogen) atoms. The number of hydrogen-bond acceptors (Lipinski definition) is 6. The molecule has 0 radical (unpaired) electrons. The molecule has 4 aromatic rings. The van der Waals surface area contributed by atoms with E-state index in [1.54, 1.807) is 30.3 Å². The molecule has 0 aliphatic heterocycles. The zero-order valence-electron chi connectivity index (χ0n) is 19.6. The Morgan fingerprint density at radius 1 is 0.722 bits per heavy atom. The Kier molecular flexibility index (Phi) is 7.83. The van der Waals surface area contributed by atoms with Gasteiger partial charge in [-0.3, -0.25) is 4.79 Å². The van der Waals surface area contributed by atoms with Crippen LogP contribution in [0.15, 0.2) is 120 Å². The summed E-state index contributed by atoms with van der Waals surface area (Å²) in [6.45, 7) is 0.158. The van der Waals surface area contributed by atoms with Gasteiger partial charge >= 0.3 is 16.1 Å². The van der Waals surface area contributed by atoms with Gasteiger partial charge in [0.2, 0.25) is 0 Å². The smallest absolute Gasteiger partial charge is 0.339 e. The first-order valence-electron chi connectivity index (χ1n) is 11.5. The summed E-state index contributed by atoms with van der Waals surface area (Å²) in [6.07, 6.45) is 0.327. The number of nitrogens with two attached hydrogens (primary N) is 1. The quantitative estimate of drug-likeness (QED) is 0.243. The number of rotatable bonds is 10. The summed E-state index contributed by atoms with van der Waals surface area (Å²) in [5.41, 5.74) is 8.26. The van der Waals surface area contributed by atoms with Gasteiger partial charge in [-0.2, -0.15) is 8.42 Å². The highest BCUT2D eigenvalue weighted by molar-refractivity contribution is 7.87. The van der Waals surface area contributed by atoms with Crippen LogP contribution in [0, 0.1) is 0 Å². The molecule has 0 saturated carbocycles. The highest BCUT2D eigenvalue weighted by atomic mass is 32.2. The molecule has 0 saturated heterocycles. The predicted octanol–water partition coefficient (Wildman–Crippen LogP) is 4.98. The van der Waals surface area contributed by atoms with Crippen molar-refractivity contribution in [2.24, 2.45) is 5.73 Å². The molecule has 0 aromatic heterocycles. The lowest BCUT2D eigenvalue weighted by molar-refractivity contribution is -0.146. The highest BCUT2D eigenvalue weighted by Crippen LogP contribution is 2.30. The minimum atomic E-state index is -3.97. The van der Waals surface area contributed by atoms with E-state index in [0.29, 0.717) is 12.0 Å². The van der Waals surface area contributed by atoms with Crippen LogP contribution in [0.5, 0.6) is 5.75 Å². The highest BCUT2D eigenvalue weighted by Gasteiger charge is 2.32. The molecular weight excluding hydrogens is 474 g/mol. The van der Waals surface area contributed by atoms with Crippen LogP contribution in [-0.4, -0.2) is 14.4 Å². The molecule has 1 unspecified atom stereocenters. The zero-order chi connectivity index (χ0) is 25.4. The van der Waals surface area contributed by atoms with Gasteiger partial charge in [0.25, 0.3) is 0 Å². The third-order valence-corrected chi connectivity index (χ3v) is 6.99. The summed E-state index contributed by atoms with van der Waals surface area (Å²) in [4.78, 5) is 12.9. The minimum Gasteiger partial charge on any atom is -0.461 e. The number of hydrogen-bond donors (Lipinski definition) is 1. The monoisotopic (exact) mass is 501 g/mol. The second-order valence-corrected chi connectivity index (χ2v) is 10.1. The SMILES string of the molecule is NC(CC(=O)OCc1ccccc1)(Cc1ccccc1)c1ccc(OS(=O)(=O)c2ccccc2)cc1. The number of carbonyl (C=O) groups excluding carboxylic acids is 1. The Balaban J connectivity index is 1.53. The van der Waals surface area contributed by atoms with Crippen molar-refractivity contribution in [2.45, 2.75) is 29.9 Å². The van der Waals surface area contributed by atoms with Crippen molar-refractivity contribution in [2.75, 3.05) is 0 Å². The minimum absolute atomic E-state index is 0.0583. The van der Waals surface area contributed by atoms with Crippen molar-refractivity contribution in [1.82, 2.24) is 0 Å². The zero-order valence-corrected chi connectivity index (χ0v) is 20.4. The lowest BCUT2D eigenvalue weighted by Crippen LogP contribution is -2.41. The first kappa shape index (κ1) is 25.2. The van der Waals surface area contributed by atoms with Crippen LogP contribution >= 0.6 is 0 Å². The summed E-state index contributed by atoms with van der Waals surface area (Å²) in [5, 5.41) is 0. The maximum absolute atomic E-state index is 12.8. The fourth-order valence-corrected chi connectivity index (χ4v) is 4.83. The third-order valence-electron chi connectivity index (χ3n) is 5.73. The van der Waals surface area contributed by atoms with E-state index in [9.17, 15) is 13.2 Å². The average molecular weight is 502 g/mol. The molecule has 0 aliphatic rings. The first-order valence-corrected chi connectivity index (χ1v) is 12.9. The van der Waals surface area contributed by atoms with E-state index in [-0.39, 0.29) is 23.7 Å². The van der Waals surface area contributed by atoms with E-state index >= 15 is 0 Å². The van der Waals surface area contributed by atoms with Crippen molar-refractivity contribution in [3.8, 4) is 5.75 Å². The van der Waals surface area contributed by atoms with Gasteiger partial charge in [-0.25, -0.2) is 0 Å². The lowest BCUT2D eigenvalue weighted by Gasteiger charge is -2.29. The van der Waals surface area contributed by atoms with Crippen LogP contribution in [0.3, 0.4) is 0 Å². The number of benzene rings is 4. The van der Waals surface area contributed by atoms with E-state index in [2.05, 4.69) is 0 Å². The summed E-state index contributed by atoms with van der Waals surface area (Å²) in [6, 6.07) is 33.4. The molecule has 0 spiro atoms. The van der Waals surface area contributed by atoms with Crippen LogP contribution in [0.1, 0.15) is 23.1 Å². The largest absolute Gasteiger partial charge is 0.461 e. The molecule has 4 rings (SSSR count). The van der Waals surface area contributed by atoms with Gasteiger partial charge in [0.1, 0.15) is 17.3 Å². The normalized spacial score (nSPS) is 12.9. The Labute approximate surface area is 211 Å². The van der Waals surface area contributed by atoms with Crippen molar-refractivity contribution < 1.29 is 22.1 Å². The van der Waals surface area contributed by atoms with Gasteiger partial charge < -0.3 is 14.7 Å². The summed E-state index contributed by atoms with van der Waals surface area (Å²) in [5.74, 6) is -0.277. The predicted molar refractivity (Wildman–Crippen MR) is 138 cm³/mol. The van der Waals surface area contributed by atoms with Gasteiger partial charge in [0.05, 0.1) is 12.0 Å². The maximum atomic E-state index is 12.8. The summed E-state index contributed by atoms with van der Waals surface area (Å²) < 4.78 is 35.9. The number of ether oxygens (including phenoxy) is 1. The fraction of sp³-hybridized carbons (Fsp3) is 0.138. The molecule has 0 fully saturated rings. The number of esters is 1. The first-order chi connectivity index (χ1) is 17.3. The lowest BCUT2D eigenvalue weighted by atomic mass is 9.82. The molecule has 0 bridgehead atoms. The summed E-state index contributed by atoms with van der Waals surface area (Å²) >= 11 is 0. The fourth-order valence-electron chi connectivity index (χ4n) is 3.88. The van der Waals surface area contributed by atoms with Gasteiger partial charge in [0, 0.05) is 0 Å². The Morgan fingerprint density at radius 3 is 1.83 bits per heavy atom. The molecular formula is C29H27NO5S. The van der Waals surface area contributed by atoms with Gasteiger partial charge in [-0.1, -0.05) is 91.0 Å². The van der Waals surface area contributed by atoms with Crippen LogP contribution < -0.4 is 9.92 Å². The molecule has 6 nitrogen and oxygen atoms in total. The number of carbonyl (C=O) groups is 1. The molecule has 2 N–H and O–H groups in total. The molecule has 184 valence electrons. The van der Waals surface area contributed by atoms with Crippen molar-refractivity contribution >= 4 is 16.1 Å². The Morgan fingerprint density at radius 2 is 1.25 bits per heavy atom. The molecule has 0 heterocycles. The summed E-state index contributed by atoms with van der Waals surface area (Å²) in [7, 11) is -3.97. The molecule has 7 heteroatoms. The topological polar surface area (TPSA) is 95.7 Å². The van der Waals surface area contributed by atoms with E-state index in [1.165, 1.54) is 24.3 Å². The van der Waals surface area contributed by atoms with E-state index in [0.717, 1.165) is 11.1 Å².